The Morgan fingerprint density at radius 1 is 0.864 bits per heavy atom. The Balaban J connectivity index is 0.764. The van der Waals surface area contributed by atoms with Crippen molar-refractivity contribution in [2.45, 2.75) is 63.6 Å². The minimum Gasteiger partial charge on any atom is -0.371 e. The first kappa shape index (κ1) is 39.0. The molecule has 5 amide bonds. The second-order valence-electron chi connectivity index (χ2n) is 17.0. The highest BCUT2D eigenvalue weighted by Gasteiger charge is 2.46. The van der Waals surface area contributed by atoms with E-state index >= 15 is 4.39 Å². The molecule has 0 radical (unpaired) electrons. The first-order valence-corrected chi connectivity index (χ1v) is 20.9. The van der Waals surface area contributed by atoms with Gasteiger partial charge in [-0.05, 0) is 99.0 Å². The number of amides is 5. The lowest BCUT2D eigenvalue weighted by molar-refractivity contribution is -0.136. The second-order valence-corrected chi connectivity index (χ2v) is 17.4. The highest BCUT2D eigenvalue weighted by atomic mass is 35.5. The third-order valence-electron chi connectivity index (χ3n) is 13.6. The van der Waals surface area contributed by atoms with Crippen molar-refractivity contribution in [2.75, 3.05) is 73.6 Å². The van der Waals surface area contributed by atoms with Gasteiger partial charge in [0.25, 0.3) is 17.7 Å². The lowest BCUT2D eigenvalue weighted by Crippen LogP contribution is -2.54. The quantitative estimate of drug-likeness (QED) is 0.349. The van der Waals surface area contributed by atoms with Gasteiger partial charge in [-0.3, -0.25) is 39.1 Å². The van der Waals surface area contributed by atoms with Gasteiger partial charge in [0, 0.05) is 94.3 Å². The van der Waals surface area contributed by atoms with E-state index in [1.165, 1.54) is 6.07 Å². The second kappa shape index (κ2) is 15.3. The van der Waals surface area contributed by atoms with Gasteiger partial charge in [0.05, 0.1) is 27.4 Å². The van der Waals surface area contributed by atoms with Crippen LogP contribution in [0.4, 0.5) is 21.5 Å². The lowest BCUT2D eigenvalue weighted by Gasteiger charge is -2.40. The maximum Gasteiger partial charge on any atom is 0.262 e. The van der Waals surface area contributed by atoms with Gasteiger partial charge in [-0.2, -0.15) is 5.26 Å². The molecule has 6 aliphatic heterocycles. The number of nitriles is 1. The molecule has 0 aliphatic carbocycles. The monoisotopic (exact) mass is 820 g/mol. The van der Waals surface area contributed by atoms with Crippen LogP contribution >= 0.6 is 11.6 Å². The van der Waals surface area contributed by atoms with Crippen LogP contribution in [-0.4, -0.2) is 121 Å². The number of carbonyl (C=O) groups is 5. The number of hydrogen-bond acceptors (Lipinski definition) is 10. The smallest absolute Gasteiger partial charge is 0.262 e. The molecule has 0 bridgehead atoms. The predicted molar refractivity (Wildman–Crippen MR) is 219 cm³/mol. The minimum absolute atomic E-state index is 0.00884. The summed E-state index contributed by atoms with van der Waals surface area (Å²) >= 11 is 6.37. The zero-order valence-corrected chi connectivity index (χ0v) is 33.7. The van der Waals surface area contributed by atoms with E-state index < -0.39 is 35.5 Å². The normalized spacial score (nSPS) is 24.6. The summed E-state index contributed by atoms with van der Waals surface area (Å²) < 4.78 is 15.5. The molecule has 0 saturated carbocycles. The van der Waals surface area contributed by atoms with E-state index in [0.29, 0.717) is 61.5 Å². The van der Waals surface area contributed by atoms with Gasteiger partial charge >= 0.3 is 0 Å². The standard InChI is InChI=1S/C44H46ClFN8O5/c1-27-23-44(26-53(27)31-7-4-29(24-47)35(45)20-31)11-14-49(15-12-44)30-5-2-28(3-6-30)41(57)52-13-10-32(25-52)50-16-18-51(19-17-50)38-22-34-33(21-36(38)46)42(58)54(43(34)59)37-8-9-39(55)48-40(37)56/h2-7,20-22,27,32,37H,8-19,23,25-26H2,1H3,(H,48,55,56)/t27-,32+,37?/m0/s1. The van der Waals surface area contributed by atoms with Gasteiger partial charge in [-0.1, -0.05) is 11.6 Å². The molecule has 0 aromatic heterocycles. The Bertz CT molecular complexity index is 2280. The molecule has 5 fully saturated rings. The van der Waals surface area contributed by atoms with E-state index in [4.69, 9.17) is 11.6 Å². The summed E-state index contributed by atoms with van der Waals surface area (Å²) in [4.78, 5) is 76.0. The molecule has 306 valence electrons. The molecule has 3 aromatic carbocycles. The van der Waals surface area contributed by atoms with Crippen molar-refractivity contribution in [2.24, 2.45) is 5.41 Å². The Kier molecular flexibility index (Phi) is 10.1. The predicted octanol–water partition coefficient (Wildman–Crippen LogP) is 4.67. The topological polar surface area (TPSA) is 141 Å². The minimum atomic E-state index is -1.11. The molecule has 3 aromatic rings. The average Bonchev–Trinajstić information content (AvgIpc) is 3.92. The molecule has 9 rings (SSSR count). The lowest BCUT2D eigenvalue weighted by atomic mass is 9.76. The Labute approximate surface area is 347 Å². The first-order valence-electron chi connectivity index (χ1n) is 20.6. The SMILES string of the molecule is C[C@H]1CC2(CCN(c3ccc(C(=O)N4CC[C@@H](N5CCN(c6cc7c(cc6F)C(=O)N(C6CCC(=O)NC6=O)C7=O)CC5)C4)cc3)CC2)CN1c1ccc(C#N)c(Cl)c1. The van der Waals surface area contributed by atoms with Crippen LogP contribution in [-0.2, 0) is 9.59 Å². The highest BCUT2D eigenvalue weighted by Crippen LogP contribution is 2.46. The Morgan fingerprint density at radius 2 is 1.56 bits per heavy atom. The van der Waals surface area contributed by atoms with E-state index in [-0.39, 0.29) is 47.0 Å². The van der Waals surface area contributed by atoms with Crippen molar-refractivity contribution >= 4 is 58.2 Å². The van der Waals surface area contributed by atoms with Gasteiger partial charge in [0.1, 0.15) is 17.9 Å². The van der Waals surface area contributed by atoms with Crippen molar-refractivity contribution in [3.63, 3.8) is 0 Å². The Morgan fingerprint density at radius 3 is 2.24 bits per heavy atom. The summed E-state index contributed by atoms with van der Waals surface area (Å²) in [6.07, 6.45) is 4.16. The summed E-state index contributed by atoms with van der Waals surface area (Å²) in [5.41, 5.74) is 3.80. The molecule has 1 unspecified atom stereocenters. The third-order valence-corrected chi connectivity index (χ3v) is 13.9. The van der Waals surface area contributed by atoms with Crippen molar-refractivity contribution < 1.29 is 28.4 Å². The highest BCUT2D eigenvalue weighted by molar-refractivity contribution is 6.32. The van der Waals surface area contributed by atoms with Crippen LogP contribution in [0.2, 0.25) is 5.02 Å². The molecule has 6 heterocycles. The number of imide groups is 2. The van der Waals surface area contributed by atoms with Gasteiger partial charge in [0.15, 0.2) is 0 Å². The van der Waals surface area contributed by atoms with Crippen LogP contribution in [0.25, 0.3) is 0 Å². The van der Waals surface area contributed by atoms with Gasteiger partial charge in [0.2, 0.25) is 11.8 Å². The molecule has 3 atom stereocenters. The molecular weight excluding hydrogens is 775 g/mol. The number of piperidine rings is 2. The number of halogens is 2. The molecule has 15 heteroatoms. The fourth-order valence-corrected chi connectivity index (χ4v) is 10.5. The van der Waals surface area contributed by atoms with Gasteiger partial charge < -0.3 is 19.6 Å². The van der Waals surface area contributed by atoms with Crippen molar-refractivity contribution in [3.05, 3.63) is 87.7 Å². The Hall–Kier alpha value is -5.52. The number of rotatable bonds is 6. The van der Waals surface area contributed by atoms with Crippen molar-refractivity contribution in [3.8, 4) is 6.07 Å². The van der Waals surface area contributed by atoms with Crippen LogP contribution in [0.15, 0.2) is 54.6 Å². The van der Waals surface area contributed by atoms with E-state index in [2.05, 4.69) is 45.1 Å². The van der Waals surface area contributed by atoms with E-state index in [9.17, 15) is 29.2 Å². The largest absolute Gasteiger partial charge is 0.371 e. The number of piperazine rings is 1. The van der Waals surface area contributed by atoms with E-state index in [0.717, 1.165) is 67.7 Å². The van der Waals surface area contributed by atoms with Crippen LogP contribution < -0.4 is 20.0 Å². The van der Waals surface area contributed by atoms with Gasteiger partial charge in [-0.15, -0.1) is 0 Å². The maximum absolute atomic E-state index is 15.5. The number of carbonyl (C=O) groups excluding carboxylic acids is 5. The molecule has 6 aliphatic rings. The molecule has 13 nitrogen and oxygen atoms in total. The summed E-state index contributed by atoms with van der Waals surface area (Å²) in [6.45, 7) is 8.69. The number of nitrogens with one attached hydrogen (secondary N) is 1. The fraction of sp³-hybridized carbons (Fsp3) is 0.455. The summed E-state index contributed by atoms with van der Waals surface area (Å²) in [5, 5.41) is 12.0. The fourth-order valence-electron chi connectivity index (χ4n) is 10.3. The molecular formula is C44H46ClFN8O5. The van der Waals surface area contributed by atoms with E-state index in [1.54, 1.807) is 6.07 Å². The molecule has 1 spiro atoms. The third kappa shape index (κ3) is 7.08. The van der Waals surface area contributed by atoms with Crippen LogP contribution in [0.5, 0.6) is 0 Å². The first-order chi connectivity index (χ1) is 28.4. The summed E-state index contributed by atoms with van der Waals surface area (Å²) in [6, 6.07) is 17.8. The molecule has 59 heavy (non-hydrogen) atoms. The summed E-state index contributed by atoms with van der Waals surface area (Å²) in [7, 11) is 0. The number of nitrogens with zero attached hydrogens (tertiary/aromatic N) is 7. The van der Waals surface area contributed by atoms with Crippen molar-refractivity contribution in [1.29, 1.82) is 5.26 Å². The number of benzene rings is 3. The van der Waals surface area contributed by atoms with Gasteiger partial charge in [-0.25, -0.2) is 4.39 Å². The maximum atomic E-state index is 15.5. The zero-order chi connectivity index (χ0) is 41.2. The molecule has 1 N–H and O–H groups in total. The number of hydrogen-bond donors (Lipinski definition) is 1. The number of anilines is 3. The number of likely N-dealkylation sites (tertiary alicyclic amines) is 1. The van der Waals surface area contributed by atoms with Crippen molar-refractivity contribution in [1.82, 2.24) is 20.0 Å². The van der Waals surface area contributed by atoms with E-state index in [1.807, 2.05) is 34.1 Å². The average molecular weight is 821 g/mol. The van der Waals surface area contributed by atoms with Crippen LogP contribution in [0.3, 0.4) is 0 Å². The zero-order valence-electron chi connectivity index (χ0n) is 33.0. The van der Waals surface area contributed by atoms with Crippen LogP contribution in [0, 0.1) is 22.6 Å². The van der Waals surface area contributed by atoms with Crippen LogP contribution in [0.1, 0.15) is 82.1 Å². The molecule has 5 saturated heterocycles. The summed E-state index contributed by atoms with van der Waals surface area (Å²) in [5.74, 6) is -3.16. The number of fused-ring (bicyclic) bond motifs is 1.